The molecule has 0 fully saturated rings. The van der Waals surface area contributed by atoms with Gasteiger partial charge in [-0.25, -0.2) is 0 Å². The fourth-order valence-corrected chi connectivity index (χ4v) is 8.87. The second kappa shape index (κ2) is 9.97. The molecule has 0 aliphatic carbocycles. The minimum atomic E-state index is 0.0726. The molecule has 2 aliphatic heterocycles. The zero-order valence-electron chi connectivity index (χ0n) is 25.0. The highest BCUT2D eigenvalue weighted by atomic mass is 32.1. The maximum Gasteiger partial charge on any atom is 0.252 e. The van der Waals surface area contributed by atoms with Crippen LogP contribution in [0.5, 0.6) is 0 Å². The maximum atomic E-state index is 2.48. The molecule has 0 saturated carbocycles. The van der Waals surface area contributed by atoms with Crippen molar-refractivity contribution in [3.05, 3.63) is 164 Å². The fourth-order valence-electron chi connectivity index (χ4n) is 7.78. The Kier molecular flexibility index (Phi) is 5.57. The minimum Gasteiger partial charge on any atom is -0.311 e. The number of hydrogen-bond acceptors (Lipinski definition) is 3. The van der Waals surface area contributed by atoms with Crippen LogP contribution in [0.1, 0.15) is 0 Å². The number of benzene rings is 7. The summed E-state index contributed by atoms with van der Waals surface area (Å²) < 4.78 is 2.66. The van der Waals surface area contributed by atoms with E-state index in [1.54, 1.807) is 0 Å². The number of nitrogens with zero attached hydrogens (tertiary/aromatic N) is 2. The van der Waals surface area contributed by atoms with Gasteiger partial charge in [0.15, 0.2) is 0 Å². The molecule has 3 heterocycles. The molecule has 0 spiro atoms. The van der Waals surface area contributed by atoms with E-state index in [-0.39, 0.29) is 6.71 Å². The molecule has 0 atom stereocenters. The Hall–Kier alpha value is -5.58. The lowest BCUT2D eigenvalue weighted by Crippen LogP contribution is -2.61. The predicted octanol–water partition coefficient (Wildman–Crippen LogP) is 9.80. The van der Waals surface area contributed by atoms with Gasteiger partial charge in [0, 0.05) is 54.3 Å². The molecular weight excluding hydrogens is 575 g/mol. The zero-order valence-corrected chi connectivity index (χ0v) is 25.8. The van der Waals surface area contributed by atoms with Crippen LogP contribution in [0.15, 0.2) is 164 Å². The second-order valence-corrected chi connectivity index (χ2v) is 13.2. The Morgan fingerprint density at radius 1 is 0.413 bits per heavy atom. The Morgan fingerprint density at radius 2 is 0.978 bits per heavy atom. The predicted molar refractivity (Wildman–Crippen MR) is 199 cm³/mol. The van der Waals surface area contributed by atoms with Gasteiger partial charge in [-0.15, -0.1) is 11.3 Å². The van der Waals surface area contributed by atoms with Crippen LogP contribution in [0, 0.1) is 0 Å². The van der Waals surface area contributed by atoms with Gasteiger partial charge in [-0.3, -0.25) is 0 Å². The van der Waals surface area contributed by atoms with Gasteiger partial charge in [-0.1, -0.05) is 97.1 Å². The Morgan fingerprint density at radius 3 is 1.74 bits per heavy atom. The van der Waals surface area contributed by atoms with Gasteiger partial charge in [0.05, 0.1) is 0 Å². The van der Waals surface area contributed by atoms with Crippen LogP contribution >= 0.6 is 11.3 Å². The van der Waals surface area contributed by atoms with Gasteiger partial charge in [-0.05, 0) is 94.2 Å². The molecule has 0 bridgehead atoms. The van der Waals surface area contributed by atoms with E-state index in [0.717, 1.165) is 5.69 Å². The molecule has 214 valence electrons. The molecule has 0 amide bonds. The molecule has 46 heavy (non-hydrogen) atoms. The largest absolute Gasteiger partial charge is 0.311 e. The van der Waals surface area contributed by atoms with Crippen molar-refractivity contribution < 1.29 is 0 Å². The number of fused-ring (bicyclic) bond motifs is 7. The van der Waals surface area contributed by atoms with Crippen molar-refractivity contribution in [1.82, 2.24) is 0 Å². The smallest absolute Gasteiger partial charge is 0.252 e. The maximum absolute atomic E-state index is 2.48. The molecule has 8 aromatic rings. The summed E-state index contributed by atoms with van der Waals surface area (Å²) in [6.45, 7) is 0.0726. The van der Waals surface area contributed by atoms with E-state index in [4.69, 9.17) is 0 Å². The lowest BCUT2D eigenvalue weighted by atomic mass is 9.32. The van der Waals surface area contributed by atoms with E-state index < -0.39 is 0 Å². The number of para-hydroxylation sites is 3. The molecule has 2 nitrogen and oxygen atoms in total. The van der Waals surface area contributed by atoms with Crippen molar-refractivity contribution in [2.45, 2.75) is 0 Å². The number of rotatable bonds is 3. The van der Waals surface area contributed by atoms with Crippen molar-refractivity contribution in [2.75, 3.05) is 9.80 Å². The summed E-state index contributed by atoms with van der Waals surface area (Å²) in [6, 6.07) is 60.2. The van der Waals surface area contributed by atoms with Crippen LogP contribution in [0.25, 0.3) is 31.3 Å². The molecule has 7 aromatic carbocycles. The van der Waals surface area contributed by atoms with E-state index in [1.807, 2.05) is 11.3 Å². The third-order valence-corrected chi connectivity index (χ3v) is 10.8. The Labute approximate surface area is 272 Å². The molecule has 0 radical (unpaired) electrons. The SMILES string of the molecule is c1ccc(N2c3ccccc3B3c4c(-c5ccc6sc7ccccc7c6c5)cccc4N(c4ccccc4)c4cccc2c43)cc1. The van der Waals surface area contributed by atoms with Crippen LogP contribution in [-0.4, -0.2) is 6.71 Å². The highest BCUT2D eigenvalue weighted by Crippen LogP contribution is 2.45. The molecule has 1 aromatic heterocycles. The summed E-state index contributed by atoms with van der Waals surface area (Å²) in [7, 11) is 0. The van der Waals surface area contributed by atoms with Crippen LogP contribution < -0.4 is 26.2 Å². The third kappa shape index (κ3) is 3.65. The normalized spacial score (nSPS) is 13.1. The summed E-state index contributed by atoms with van der Waals surface area (Å²) >= 11 is 1.87. The van der Waals surface area contributed by atoms with Crippen LogP contribution in [0.3, 0.4) is 0 Å². The Balaban J connectivity index is 1.30. The molecule has 10 rings (SSSR count). The van der Waals surface area contributed by atoms with Crippen molar-refractivity contribution in [3.63, 3.8) is 0 Å². The third-order valence-electron chi connectivity index (χ3n) is 9.65. The molecule has 0 unspecified atom stereocenters. The quantitative estimate of drug-likeness (QED) is 0.186. The number of anilines is 6. The van der Waals surface area contributed by atoms with Crippen LogP contribution in [-0.2, 0) is 0 Å². The van der Waals surface area contributed by atoms with Crippen molar-refractivity contribution >= 4 is 88.7 Å². The van der Waals surface area contributed by atoms with Gasteiger partial charge in [0.2, 0.25) is 0 Å². The lowest BCUT2D eigenvalue weighted by Gasteiger charge is -2.44. The summed E-state index contributed by atoms with van der Waals surface area (Å²) in [4.78, 5) is 4.93. The first-order valence-corrected chi connectivity index (χ1v) is 16.6. The molecule has 0 N–H and O–H groups in total. The Bertz CT molecular complexity index is 2440. The first-order chi connectivity index (χ1) is 22.8. The molecule has 0 saturated heterocycles. The fraction of sp³-hybridized carbons (Fsp3) is 0. The topological polar surface area (TPSA) is 6.48 Å². The second-order valence-electron chi connectivity index (χ2n) is 12.1. The first-order valence-electron chi connectivity index (χ1n) is 15.8. The lowest BCUT2D eigenvalue weighted by molar-refractivity contribution is 1.25. The number of thiophene rings is 1. The van der Waals surface area contributed by atoms with Gasteiger partial charge in [0.25, 0.3) is 6.71 Å². The van der Waals surface area contributed by atoms with Crippen molar-refractivity contribution in [1.29, 1.82) is 0 Å². The summed E-state index contributed by atoms with van der Waals surface area (Å²) in [5.74, 6) is 0. The van der Waals surface area contributed by atoms with Gasteiger partial charge >= 0.3 is 0 Å². The van der Waals surface area contributed by atoms with Gasteiger partial charge < -0.3 is 9.80 Å². The van der Waals surface area contributed by atoms with E-state index in [9.17, 15) is 0 Å². The summed E-state index contributed by atoms with van der Waals surface area (Å²) in [5.41, 5.74) is 13.8. The van der Waals surface area contributed by atoms with Crippen molar-refractivity contribution in [3.8, 4) is 11.1 Å². The van der Waals surface area contributed by atoms with E-state index in [0.29, 0.717) is 0 Å². The zero-order chi connectivity index (χ0) is 30.2. The van der Waals surface area contributed by atoms with Gasteiger partial charge in [0.1, 0.15) is 0 Å². The highest BCUT2D eigenvalue weighted by molar-refractivity contribution is 7.25. The van der Waals surface area contributed by atoms with E-state index in [1.165, 1.54) is 76.1 Å². The average molecular weight is 603 g/mol. The van der Waals surface area contributed by atoms with Crippen LogP contribution in [0.4, 0.5) is 34.1 Å². The molecule has 4 heteroatoms. The standard InChI is InChI=1S/C42H27BN2S/c1-3-13-29(14-4-1)44-35-20-9-8-19-34(35)43-41-31(28-25-26-40-33(27-28)32-17-7-10-24-39(32)46-40)18-11-21-36(41)45(30-15-5-2-6-16-30)38-23-12-22-37(44)42(38)43/h1-27H. The van der Waals surface area contributed by atoms with E-state index in [2.05, 4.69) is 174 Å². The first kappa shape index (κ1) is 25.7. The van der Waals surface area contributed by atoms with Crippen LogP contribution in [0.2, 0.25) is 0 Å². The van der Waals surface area contributed by atoms with Crippen molar-refractivity contribution in [2.24, 2.45) is 0 Å². The summed E-state index contributed by atoms with van der Waals surface area (Å²) in [6.07, 6.45) is 0. The highest BCUT2D eigenvalue weighted by Gasteiger charge is 2.44. The molecule has 2 aliphatic rings. The molecular formula is C42H27BN2S. The van der Waals surface area contributed by atoms with E-state index >= 15 is 0 Å². The minimum absolute atomic E-state index is 0.0726. The number of hydrogen-bond donors (Lipinski definition) is 0. The monoisotopic (exact) mass is 602 g/mol. The summed E-state index contributed by atoms with van der Waals surface area (Å²) in [5, 5.41) is 2.65. The average Bonchev–Trinajstić information content (AvgIpc) is 3.50. The van der Waals surface area contributed by atoms with Gasteiger partial charge in [-0.2, -0.15) is 0 Å².